The Hall–Kier alpha value is -1.14. The Morgan fingerprint density at radius 3 is 2.61 bits per heavy atom. The molecular weight excluding hydrogens is 238 g/mol. The average Bonchev–Trinajstić information content (AvgIpc) is 2.34. The maximum absolute atomic E-state index is 12.0. The number of hydrogen-bond acceptors (Lipinski definition) is 4. The molecule has 0 bridgehead atoms. The van der Waals surface area contributed by atoms with E-state index in [4.69, 9.17) is 14.9 Å². The molecule has 0 aromatic rings. The number of nitrogens with zero attached hydrogens (tertiary/aromatic N) is 1. The first-order chi connectivity index (χ1) is 8.54. The maximum Gasteiger partial charge on any atom is 0.303 e. The number of ether oxygens (including phenoxy) is 1. The molecule has 0 aromatic carbocycles. The van der Waals surface area contributed by atoms with Crippen LogP contribution in [0.5, 0.6) is 0 Å². The predicted molar refractivity (Wildman–Crippen MR) is 64.1 cm³/mol. The first kappa shape index (κ1) is 14.9. The molecule has 1 aliphatic heterocycles. The Morgan fingerprint density at radius 2 is 2.00 bits per heavy atom. The summed E-state index contributed by atoms with van der Waals surface area (Å²) >= 11 is 0. The largest absolute Gasteiger partial charge is 0.481 e. The number of rotatable bonds is 6. The van der Waals surface area contributed by atoms with Gasteiger partial charge in [-0.05, 0) is 19.8 Å². The van der Waals surface area contributed by atoms with Gasteiger partial charge in [0, 0.05) is 19.4 Å². The Kier molecular flexibility index (Phi) is 6.07. The van der Waals surface area contributed by atoms with Gasteiger partial charge in [-0.15, -0.1) is 0 Å². The zero-order valence-corrected chi connectivity index (χ0v) is 10.7. The minimum Gasteiger partial charge on any atom is -0.481 e. The standard InChI is InChI=1S/C12H21NO5/c1-9-8-18-10(7-14)6-13(9)11(15)4-2-3-5-12(16)17/h9-10,14H,2-8H2,1H3,(H,16,17). The fourth-order valence-electron chi connectivity index (χ4n) is 1.97. The van der Waals surface area contributed by atoms with E-state index in [9.17, 15) is 9.59 Å². The third-order valence-electron chi connectivity index (χ3n) is 3.06. The molecule has 2 N–H and O–H groups in total. The fraction of sp³-hybridized carbons (Fsp3) is 0.833. The van der Waals surface area contributed by atoms with Crippen molar-refractivity contribution in [3.8, 4) is 0 Å². The molecular formula is C12H21NO5. The van der Waals surface area contributed by atoms with E-state index >= 15 is 0 Å². The van der Waals surface area contributed by atoms with Crippen molar-refractivity contribution in [1.82, 2.24) is 4.90 Å². The number of carbonyl (C=O) groups is 2. The van der Waals surface area contributed by atoms with Crippen LogP contribution in [0.15, 0.2) is 0 Å². The number of unbranched alkanes of at least 4 members (excludes halogenated alkanes) is 1. The lowest BCUT2D eigenvalue weighted by atomic mass is 10.1. The molecule has 0 spiro atoms. The van der Waals surface area contributed by atoms with Gasteiger partial charge in [0.05, 0.1) is 25.4 Å². The third kappa shape index (κ3) is 4.62. The molecule has 1 rings (SSSR count). The highest BCUT2D eigenvalue weighted by Gasteiger charge is 2.28. The topological polar surface area (TPSA) is 87.1 Å². The molecule has 1 fully saturated rings. The average molecular weight is 259 g/mol. The van der Waals surface area contributed by atoms with Gasteiger partial charge in [-0.1, -0.05) is 0 Å². The first-order valence-electron chi connectivity index (χ1n) is 6.28. The van der Waals surface area contributed by atoms with Gasteiger partial charge >= 0.3 is 5.97 Å². The molecule has 6 nitrogen and oxygen atoms in total. The maximum atomic E-state index is 12.0. The molecule has 1 heterocycles. The van der Waals surface area contributed by atoms with Crippen molar-refractivity contribution >= 4 is 11.9 Å². The Bertz CT molecular complexity index is 294. The van der Waals surface area contributed by atoms with Crippen molar-refractivity contribution in [3.63, 3.8) is 0 Å². The molecule has 0 radical (unpaired) electrons. The second kappa shape index (κ2) is 7.33. The van der Waals surface area contributed by atoms with Gasteiger partial charge in [0.2, 0.25) is 5.91 Å². The molecule has 1 saturated heterocycles. The Morgan fingerprint density at radius 1 is 1.33 bits per heavy atom. The molecule has 2 unspecified atom stereocenters. The van der Waals surface area contributed by atoms with Crippen LogP contribution in [0.25, 0.3) is 0 Å². The molecule has 6 heteroatoms. The number of carboxylic acids is 1. The quantitative estimate of drug-likeness (QED) is 0.667. The van der Waals surface area contributed by atoms with Crippen molar-refractivity contribution in [1.29, 1.82) is 0 Å². The number of aliphatic hydroxyl groups is 1. The summed E-state index contributed by atoms with van der Waals surface area (Å²) in [5.41, 5.74) is 0. The molecule has 18 heavy (non-hydrogen) atoms. The van der Waals surface area contributed by atoms with Crippen LogP contribution in [0, 0.1) is 0 Å². The zero-order chi connectivity index (χ0) is 13.5. The predicted octanol–water partition coefficient (Wildman–Crippen LogP) is 0.240. The number of morpholine rings is 1. The van der Waals surface area contributed by atoms with Gasteiger partial charge in [0.25, 0.3) is 0 Å². The van der Waals surface area contributed by atoms with Crippen LogP contribution >= 0.6 is 0 Å². The second-order valence-corrected chi connectivity index (χ2v) is 4.63. The van der Waals surface area contributed by atoms with E-state index in [0.29, 0.717) is 32.4 Å². The summed E-state index contributed by atoms with van der Waals surface area (Å²) in [7, 11) is 0. The highest BCUT2D eigenvalue weighted by molar-refractivity contribution is 5.76. The van der Waals surface area contributed by atoms with E-state index in [-0.39, 0.29) is 31.1 Å². The highest BCUT2D eigenvalue weighted by Crippen LogP contribution is 2.14. The summed E-state index contributed by atoms with van der Waals surface area (Å²) < 4.78 is 5.36. The van der Waals surface area contributed by atoms with Crippen LogP contribution in [0.2, 0.25) is 0 Å². The molecule has 104 valence electrons. The lowest BCUT2D eigenvalue weighted by molar-refractivity contribution is -0.146. The third-order valence-corrected chi connectivity index (χ3v) is 3.06. The molecule has 0 saturated carbocycles. The molecule has 2 atom stereocenters. The second-order valence-electron chi connectivity index (χ2n) is 4.63. The van der Waals surface area contributed by atoms with Crippen molar-refractivity contribution in [2.24, 2.45) is 0 Å². The van der Waals surface area contributed by atoms with Gasteiger partial charge in [-0.25, -0.2) is 0 Å². The summed E-state index contributed by atoms with van der Waals surface area (Å²) in [6.07, 6.45) is 1.26. The van der Waals surface area contributed by atoms with E-state index in [1.54, 1.807) is 4.90 Å². The van der Waals surface area contributed by atoms with Crippen LogP contribution in [0.3, 0.4) is 0 Å². The van der Waals surface area contributed by atoms with Crippen molar-refractivity contribution in [2.75, 3.05) is 19.8 Å². The minimum atomic E-state index is -0.831. The molecule has 1 amide bonds. The van der Waals surface area contributed by atoms with Crippen LogP contribution in [-0.4, -0.2) is 58.9 Å². The SMILES string of the molecule is CC1COC(CO)CN1C(=O)CCCCC(=O)O. The Balaban J connectivity index is 2.32. The first-order valence-corrected chi connectivity index (χ1v) is 6.28. The minimum absolute atomic E-state index is 0.00892. The van der Waals surface area contributed by atoms with Gasteiger partial charge in [-0.2, -0.15) is 0 Å². The van der Waals surface area contributed by atoms with Crippen molar-refractivity contribution in [3.05, 3.63) is 0 Å². The van der Waals surface area contributed by atoms with Crippen molar-refractivity contribution in [2.45, 2.75) is 44.8 Å². The zero-order valence-electron chi connectivity index (χ0n) is 10.7. The van der Waals surface area contributed by atoms with E-state index in [0.717, 1.165) is 0 Å². The van der Waals surface area contributed by atoms with E-state index < -0.39 is 5.97 Å². The smallest absolute Gasteiger partial charge is 0.303 e. The monoisotopic (exact) mass is 259 g/mol. The lowest BCUT2D eigenvalue weighted by Gasteiger charge is -2.37. The lowest BCUT2D eigenvalue weighted by Crippen LogP contribution is -2.51. The number of hydrogen-bond donors (Lipinski definition) is 2. The number of amides is 1. The van der Waals surface area contributed by atoms with E-state index in [1.807, 2.05) is 6.92 Å². The van der Waals surface area contributed by atoms with Gasteiger partial charge in [0.1, 0.15) is 0 Å². The van der Waals surface area contributed by atoms with Crippen molar-refractivity contribution < 1.29 is 24.5 Å². The van der Waals surface area contributed by atoms with E-state index in [2.05, 4.69) is 0 Å². The van der Waals surface area contributed by atoms with Gasteiger partial charge in [-0.3, -0.25) is 9.59 Å². The normalized spacial score (nSPS) is 24.0. The summed E-state index contributed by atoms with van der Waals surface area (Å²) in [4.78, 5) is 24.0. The number of aliphatic hydroxyl groups excluding tert-OH is 1. The van der Waals surface area contributed by atoms with Crippen LogP contribution in [0.4, 0.5) is 0 Å². The summed E-state index contributed by atoms with van der Waals surface area (Å²) in [6.45, 7) is 2.67. The van der Waals surface area contributed by atoms with E-state index in [1.165, 1.54) is 0 Å². The molecule has 0 aromatic heterocycles. The number of aliphatic carboxylic acids is 1. The number of carbonyl (C=O) groups excluding carboxylic acids is 1. The summed E-state index contributed by atoms with van der Waals surface area (Å²) in [5, 5.41) is 17.5. The molecule has 1 aliphatic rings. The fourth-order valence-corrected chi connectivity index (χ4v) is 1.97. The highest BCUT2D eigenvalue weighted by atomic mass is 16.5. The summed E-state index contributed by atoms with van der Waals surface area (Å²) in [6, 6.07) is 0.0137. The Labute approximate surface area is 107 Å². The van der Waals surface area contributed by atoms with Crippen LogP contribution in [0.1, 0.15) is 32.6 Å². The van der Waals surface area contributed by atoms with Gasteiger partial charge in [0.15, 0.2) is 0 Å². The number of carboxylic acid groups (broad SMARTS) is 1. The van der Waals surface area contributed by atoms with Gasteiger partial charge < -0.3 is 19.8 Å². The summed E-state index contributed by atoms with van der Waals surface area (Å²) in [5.74, 6) is -0.822. The molecule has 0 aliphatic carbocycles. The van der Waals surface area contributed by atoms with Crippen LogP contribution in [-0.2, 0) is 14.3 Å². The van der Waals surface area contributed by atoms with Crippen LogP contribution < -0.4 is 0 Å².